The summed E-state index contributed by atoms with van der Waals surface area (Å²) in [7, 11) is 0. The Morgan fingerprint density at radius 1 is 1.00 bits per heavy atom. The van der Waals surface area contributed by atoms with E-state index in [1.54, 1.807) is 0 Å². The first kappa shape index (κ1) is 20.8. The highest BCUT2D eigenvalue weighted by Gasteiger charge is 2.14. The fraction of sp³-hybridized carbons (Fsp3) is 0.632. The Kier molecular flexibility index (Phi) is 9.80. The van der Waals surface area contributed by atoms with E-state index in [2.05, 4.69) is 4.90 Å². The number of halogens is 1. The number of nitrogens with zero attached hydrogens (tertiary/aromatic N) is 1. The van der Waals surface area contributed by atoms with E-state index in [9.17, 15) is 4.79 Å². The molecule has 0 spiro atoms. The maximum atomic E-state index is 12.5. The molecule has 0 aliphatic carbocycles. The normalized spacial score (nSPS) is 15.2. The highest BCUT2D eigenvalue weighted by Crippen LogP contribution is 2.29. The summed E-state index contributed by atoms with van der Waals surface area (Å²) in [6, 6.07) is 5.51. The number of likely N-dealkylation sites (tertiary alicyclic amines) is 1. The van der Waals surface area contributed by atoms with Crippen LogP contribution in [0.4, 0.5) is 0 Å². The Morgan fingerprint density at radius 3 is 2.25 bits per heavy atom. The fourth-order valence-electron chi connectivity index (χ4n) is 2.99. The number of carbonyl (C=O) groups is 1. The van der Waals surface area contributed by atoms with Gasteiger partial charge in [0.25, 0.3) is 0 Å². The molecule has 0 unspecified atom stereocenters. The lowest BCUT2D eigenvalue weighted by Gasteiger charge is -2.19. The van der Waals surface area contributed by atoms with Crippen molar-refractivity contribution >= 4 is 5.78 Å². The number of rotatable bonds is 8. The fourth-order valence-corrected chi connectivity index (χ4v) is 2.99. The van der Waals surface area contributed by atoms with E-state index in [0.29, 0.717) is 36.7 Å². The Bertz CT molecular complexity index is 499. The van der Waals surface area contributed by atoms with E-state index in [4.69, 9.17) is 9.47 Å². The van der Waals surface area contributed by atoms with Crippen LogP contribution in [-0.4, -0.2) is 43.5 Å². The minimum Gasteiger partial charge on any atom is -1.00 e. The summed E-state index contributed by atoms with van der Waals surface area (Å²) in [6.45, 7) is 8.13. The van der Waals surface area contributed by atoms with Crippen LogP contribution in [0.2, 0.25) is 0 Å². The van der Waals surface area contributed by atoms with Gasteiger partial charge >= 0.3 is 0 Å². The zero-order valence-electron chi connectivity index (χ0n) is 14.9. The van der Waals surface area contributed by atoms with Gasteiger partial charge in [0.05, 0.1) is 13.2 Å². The third-order valence-corrected chi connectivity index (χ3v) is 4.22. The molecule has 0 amide bonds. The molecule has 24 heavy (non-hydrogen) atoms. The molecule has 0 saturated carbocycles. The Balaban J connectivity index is 0.00000288. The molecule has 0 bridgehead atoms. The number of hydrogen-bond acceptors (Lipinski definition) is 4. The molecule has 1 aliphatic rings. The van der Waals surface area contributed by atoms with Crippen molar-refractivity contribution in [1.82, 2.24) is 4.90 Å². The lowest BCUT2D eigenvalue weighted by molar-refractivity contribution is -0.0000138. The van der Waals surface area contributed by atoms with Crippen molar-refractivity contribution in [2.75, 3.05) is 32.8 Å². The van der Waals surface area contributed by atoms with E-state index in [0.717, 1.165) is 19.6 Å². The highest BCUT2D eigenvalue weighted by atomic mass is 35.5. The average Bonchev–Trinajstić information content (AvgIpc) is 2.83. The van der Waals surface area contributed by atoms with Crippen molar-refractivity contribution in [3.8, 4) is 11.5 Å². The number of Topliss-reactive ketones (excluding diaryl/α,β-unsaturated/α-hetero) is 1. The van der Waals surface area contributed by atoms with Gasteiger partial charge in [0, 0.05) is 18.5 Å². The van der Waals surface area contributed by atoms with Crippen LogP contribution in [-0.2, 0) is 0 Å². The molecule has 0 atom stereocenters. The number of carbonyl (C=O) groups excluding carboxylic acids is 1. The van der Waals surface area contributed by atoms with Gasteiger partial charge in [-0.1, -0.05) is 12.8 Å². The van der Waals surface area contributed by atoms with Gasteiger partial charge < -0.3 is 26.8 Å². The van der Waals surface area contributed by atoms with Crippen LogP contribution in [0.3, 0.4) is 0 Å². The molecule has 2 rings (SSSR count). The predicted molar refractivity (Wildman–Crippen MR) is 92.6 cm³/mol. The van der Waals surface area contributed by atoms with Crippen LogP contribution in [0.1, 0.15) is 56.3 Å². The topological polar surface area (TPSA) is 38.8 Å². The summed E-state index contributed by atoms with van der Waals surface area (Å²) in [5.41, 5.74) is 0.715. The summed E-state index contributed by atoms with van der Waals surface area (Å²) in [6.07, 6.45) is 5.72. The lowest BCUT2D eigenvalue weighted by Crippen LogP contribution is -3.00. The van der Waals surface area contributed by atoms with Crippen LogP contribution in [0, 0.1) is 0 Å². The number of ketones is 1. The molecule has 0 aromatic heterocycles. The van der Waals surface area contributed by atoms with E-state index < -0.39 is 0 Å². The first-order chi connectivity index (χ1) is 11.2. The molecule has 1 aromatic carbocycles. The lowest BCUT2D eigenvalue weighted by atomic mass is 10.1. The summed E-state index contributed by atoms with van der Waals surface area (Å²) in [5.74, 6) is 1.55. The van der Waals surface area contributed by atoms with Gasteiger partial charge in [-0.2, -0.15) is 0 Å². The summed E-state index contributed by atoms with van der Waals surface area (Å²) in [4.78, 5) is 14.9. The van der Waals surface area contributed by atoms with Gasteiger partial charge in [0.15, 0.2) is 17.3 Å². The van der Waals surface area contributed by atoms with E-state index in [-0.39, 0.29) is 18.2 Å². The van der Waals surface area contributed by atoms with E-state index in [1.807, 2.05) is 32.0 Å². The minimum atomic E-state index is 0. The van der Waals surface area contributed by atoms with Crippen LogP contribution in [0.5, 0.6) is 11.5 Å². The van der Waals surface area contributed by atoms with Crippen LogP contribution in [0.15, 0.2) is 18.2 Å². The second-order valence-corrected chi connectivity index (χ2v) is 5.96. The molecule has 5 heteroatoms. The average molecular weight is 355 g/mol. The molecule has 0 N–H and O–H groups in total. The van der Waals surface area contributed by atoms with Gasteiger partial charge in [0.2, 0.25) is 0 Å². The SMILES string of the molecule is CCOc1ccc(C(=O)CCN2CCCCCC2)cc1OCC.[Cl-]. The van der Waals surface area contributed by atoms with E-state index >= 15 is 0 Å². The van der Waals surface area contributed by atoms with Gasteiger partial charge in [-0.3, -0.25) is 4.79 Å². The first-order valence-corrected chi connectivity index (χ1v) is 8.89. The first-order valence-electron chi connectivity index (χ1n) is 8.89. The van der Waals surface area contributed by atoms with Gasteiger partial charge in [-0.05, 0) is 58.0 Å². The third kappa shape index (κ3) is 6.33. The largest absolute Gasteiger partial charge is 1.00 e. The smallest absolute Gasteiger partial charge is 0.164 e. The number of ether oxygens (including phenoxy) is 2. The summed E-state index contributed by atoms with van der Waals surface area (Å²) in [5, 5.41) is 0. The maximum Gasteiger partial charge on any atom is 0.164 e. The highest BCUT2D eigenvalue weighted by molar-refractivity contribution is 5.96. The summed E-state index contributed by atoms with van der Waals surface area (Å²) < 4.78 is 11.2. The minimum absolute atomic E-state index is 0. The van der Waals surface area contributed by atoms with Crippen molar-refractivity contribution < 1.29 is 26.7 Å². The zero-order chi connectivity index (χ0) is 16.5. The van der Waals surface area contributed by atoms with Crippen LogP contribution in [0.25, 0.3) is 0 Å². The molecular formula is C19H29ClNO3-. The van der Waals surface area contributed by atoms with Crippen LogP contribution < -0.4 is 21.9 Å². The van der Waals surface area contributed by atoms with Crippen molar-refractivity contribution in [3.05, 3.63) is 23.8 Å². The maximum absolute atomic E-state index is 12.5. The number of benzene rings is 1. The second-order valence-electron chi connectivity index (χ2n) is 5.96. The number of hydrogen-bond donors (Lipinski definition) is 0. The van der Waals surface area contributed by atoms with E-state index in [1.165, 1.54) is 25.7 Å². The molecule has 1 aromatic rings. The molecule has 1 aliphatic heterocycles. The molecule has 136 valence electrons. The molecule has 1 fully saturated rings. The zero-order valence-corrected chi connectivity index (χ0v) is 15.6. The molecule has 4 nitrogen and oxygen atoms in total. The third-order valence-electron chi connectivity index (χ3n) is 4.22. The monoisotopic (exact) mass is 354 g/mol. The van der Waals surface area contributed by atoms with Crippen molar-refractivity contribution in [2.45, 2.75) is 46.0 Å². The standard InChI is InChI=1S/C19H29NO3.ClH/c1-3-22-18-10-9-16(15-19(18)23-4-2)17(21)11-14-20-12-7-5-6-8-13-20;/h9-10,15H,3-8,11-14H2,1-2H3;1H/p-1. The predicted octanol–water partition coefficient (Wildman–Crippen LogP) is 0.937. The molecule has 1 heterocycles. The van der Waals surface area contributed by atoms with Gasteiger partial charge in [0.1, 0.15) is 0 Å². The van der Waals surface area contributed by atoms with Gasteiger partial charge in [-0.15, -0.1) is 0 Å². The Morgan fingerprint density at radius 2 is 1.62 bits per heavy atom. The van der Waals surface area contributed by atoms with Crippen molar-refractivity contribution in [3.63, 3.8) is 0 Å². The molecule has 1 saturated heterocycles. The molecular weight excluding hydrogens is 326 g/mol. The van der Waals surface area contributed by atoms with Gasteiger partial charge in [-0.25, -0.2) is 0 Å². The quantitative estimate of drug-likeness (QED) is 0.651. The van der Waals surface area contributed by atoms with Crippen LogP contribution >= 0.6 is 0 Å². The van der Waals surface area contributed by atoms with Crippen molar-refractivity contribution in [1.29, 1.82) is 0 Å². The van der Waals surface area contributed by atoms with Crippen molar-refractivity contribution in [2.24, 2.45) is 0 Å². The second kappa shape index (κ2) is 11.3. The Labute approximate surface area is 151 Å². The summed E-state index contributed by atoms with van der Waals surface area (Å²) >= 11 is 0. The molecule has 0 radical (unpaired) electrons. The Hall–Kier alpha value is -1.26.